The normalized spacial score (nSPS) is 18.3. The lowest BCUT2D eigenvalue weighted by Crippen LogP contribution is -2.25. The van der Waals surface area contributed by atoms with Gasteiger partial charge >= 0.3 is 0 Å². The summed E-state index contributed by atoms with van der Waals surface area (Å²) in [6.07, 6.45) is 3.97. The van der Waals surface area contributed by atoms with Gasteiger partial charge in [-0.2, -0.15) is 0 Å². The molecule has 5 aromatic rings. The first-order valence-corrected chi connectivity index (χ1v) is 13.6. The maximum absolute atomic E-state index is 15.1. The van der Waals surface area contributed by atoms with Crippen LogP contribution in [0.2, 0.25) is 0 Å². The van der Waals surface area contributed by atoms with E-state index in [0.717, 1.165) is 49.6 Å². The van der Waals surface area contributed by atoms with E-state index >= 15 is 4.57 Å². The van der Waals surface area contributed by atoms with Crippen molar-refractivity contribution in [1.29, 1.82) is 0 Å². The van der Waals surface area contributed by atoms with Crippen molar-refractivity contribution in [2.45, 2.75) is 5.92 Å². The van der Waals surface area contributed by atoms with Gasteiger partial charge in [-0.1, -0.05) is 60.7 Å². The van der Waals surface area contributed by atoms with Crippen LogP contribution >= 0.6 is 7.14 Å². The van der Waals surface area contributed by atoms with Crippen LogP contribution in [-0.4, -0.2) is 22.3 Å². The largest absolute Gasteiger partial charge is 0.309 e. The average molecular weight is 469 g/mol. The standard InChI is InChI=1S/C30H20N3OP/c34-35(28-11-5-1-7-20(28)21-8-2-6-12-29(21)35)19-13-14-26-23(17-19)24-18-31-16-15-22(24)30-32-25-9-3-4-10-27(25)33(26)30/h1-17,24H,18H2. The maximum atomic E-state index is 15.1. The van der Waals surface area contributed by atoms with Crippen LogP contribution in [0.1, 0.15) is 17.3 Å². The Hall–Kier alpha value is -4.01. The van der Waals surface area contributed by atoms with E-state index in [-0.39, 0.29) is 5.92 Å². The van der Waals surface area contributed by atoms with E-state index in [2.05, 4.69) is 64.2 Å². The quantitative estimate of drug-likeness (QED) is 0.311. The first kappa shape index (κ1) is 19.3. The smallest absolute Gasteiger partial charge is 0.172 e. The van der Waals surface area contributed by atoms with Gasteiger partial charge in [-0.05, 0) is 53.1 Å². The molecule has 166 valence electrons. The summed E-state index contributed by atoms with van der Waals surface area (Å²) in [5.74, 6) is 1.07. The molecule has 3 aliphatic heterocycles. The lowest BCUT2D eigenvalue weighted by Gasteiger charge is -2.31. The van der Waals surface area contributed by atoms with Gasteiger partial charge in [0.25, 0.3) is 0 Å². The fourth-order valence-electron chi connectivity index (χ4n) is 6.05. The lowest BCUT2D eigenvalue weighted by molar-refractivity contribution is 0.593. The molecule has 0 N–H and O–H groups in total. The maximum Gasteiger partial charge on any atom is 0.172 e. The number of imidazole rings is 1. The summed E-state index contributed by atoms with van der Waals surface area (Å²) in [7, 11) is -3.00. The molecule has 4 aromatic carbocycles. The molecule has 4 heterocycles. The molecule has 8 rings (SSSR count). The second kappa shape index (κ2) is 6.78. The van der Waals surface area contributed by atoms with Crippen LogP contribution in [0.15, 0.2) is 102 Å². The zero-order valence-electron chi connectivity index (χ0n) is 18.8. The first-order valence-electron chi connectivity index (χ1n) is 11.9. The Morgan fingerprint density at radius 1 is 0.829 bits per heavy atom. The molecular formula is C30H20N3OP. The highest BCUT2D eigenvalue weighted by atomic mass is 31.2. The van der Waals surface area contributed by atoms with Gasteiger partial charge in [-0.25, -0.2) is 4.98 Å². The van der Waals surface area contributed by atoms with E-state index in [1.807, 2.05) is 48.7 Å². The average Bonchev–Trinajstić information content (AvgIpc) is 3.44. The number of benzene rings is 4. The third-order valence-electron chi connectivity index (χ3n) is 7.61. The van der Waals surface area contributed by atoms with Gasteiger partial charge in [-0.15, -0.1) is 0 Å². The van der Waals surface area contributed by atoms with Crippen molar-refractivity contribution < 1.29 is 4.57 Å². The van der Waals surface area contributed by atoms with Crippen LogP contribution in [0.4, 0.5) is 0 Å². The second-order valence-electron chi connectivity index (χ2n) is 9.34. The summed E-state index contributed by atoms with van der Waals surface area (Å²) in [5.41, 5.74) is 7.66. The molecule has 0 fully saturated rings. The number of dihydropyridines is 1. The zero-order chi connectivity index (χ0) is 23.1. The fraction of sp³-hybridized carbons (Fsp3) is 0.0667. The van der Waals surface area contributed by atoms with Gasteiger partial charge < -0.3 is 4.57 Å². The molecule has 35 heavy (non-hydrogen) atoms. The van der Waals surface area contributed by atoms with Crippen LogP contribution in [0.5, 0.6) is 0 Å². The summed E-state index contributed by atoms with van der Waals surface area (Å²) in [6, 6.07) is 31.0. The Balaban J connectivity index is 1.42. The van der Waals surface area contributed by atoms with Crippen molar-refractivity contribution in [2.24, 2.45) is 4.99 Å². The van der Waals surface area contributed by atoms with Crippen LogP contribution < -0.4 is 15.9 Å². The molecule has 0 bridgehead atoms. The van der Waals surface area contributed by atoms with Crippen LogP contribution in [0, 0.1) is 0 Å². The highest BCUT2D eigenvalue weighted by Crippen LogP contribution is 2.53. The minimum absolute atomic E-state index is 0.0963. The molecule has 0 saturated heterocycles. The first-order chi connectivity index (χ1) is 17.2. The molecular weight excluding hydrogens is 449 g/mol. The molecule has 1 atom stereocenters. The zero-order valence-corrected chi connectivity index (χ0v) is 19.7. The van der Waals surface area contributed by atoms with E-state index in [1.165, 1.54) is 11.1 Å². The van der Waals surface area contributed by atoms with E-state index in [1.54, 1.807) is 0 Å². The van der Waals surface area contributed by atoms with E-state index in [4.69, 9.17) is 4.98 Å². The van der Waals surface area contributed by atoms with Gasteiger partial charge in [0.05, 0.1) is 23.3 Å². The van der Waals surface area contributed by atoms with Gasteiger partial charge in [0.15, 0.2) is 7.14 Å². The van der Waals surface area contributed by atoms with E-state index < -0.39 is 7.14 Å². The summed E-state index contributed by atoms with van der Waals surface area (Å²) in [5, 5.41) is 2.75. The molecule has 1 unspecified atom stereocenters. The summed E-state index contributed by atoms with van der Waals surface area (Å²) >= 11 is 0. The molecule has 1 aromatic heterocycles. The number of aromatic nitrogens is 2. The second-order valence-corrected chi connectivity index (χ2v) is 12.0. The minimum Gasteiger partial charge on any atom is -0.309 e. The molecule has 0 saturated carbocycles. The van der Waals surface area contributed by atoms with Crippen molar-refractivity contribution in [3.8, 4) is 16.8 Å². The Labute approximate surface area is 202 Å². The highest BCUT2D eigenvalue weighted by Gasteiger charge is 2.41. The van der Waals surface area contributed by atoms with Crippen molar-refractivity contribution in [2.75, 3.05) is 6.54 Å². The summed E-state index contributed by atoms with van der Waals surface area (Å²) < 4.78 is 17.3. The molecule has 0 spiro atoms. The monoisotopic (exact) mass is 469 g/mol. The fourth-order valence-corrected chi connectivity index (χ4v) is 9.14. The molecule has 0 amide bonds. The van der Waals surface area contributed by atoms with Crippen LogP contribution in [0.3, 0.4) is 0 Å². The van der Waals surface area contributed by atoms with Crippen molar-refractivity contribution in [3.05, 3.63) is 108 Å². The number of nitrogens with zero attached hydrogens (tertiary/aromatic N) is 3. The molecule has 0 radical (unpaired) electrons. The number of hydrogen-bond acceptors (Lipinski definition) is 3. The number of hydrogen-bond donors (Lipinski definition) is 0. The number of aliphatic imine (C=N–C) groups is 1. The third-order valence-corrected chi connectivity index (χ3v) is 10.8. The Bertz CT molecular complexity index is 1780. The Kier molecular flexibility index (Phi) is 3.74. The van der Waals surface area contributed by atoms with Crippen molar-refractivity contribution >= 4 is 45.9 Å². The predicted octanol–water partition coefficient (Wildman–Crippen LogP) is 5.21. The van der Waals surface area contributed by atoms with Gasteiger partial charge in [-0.3, -0.25) is 9.56 Å². The summed E-state index contributed by atoms with van der Waals surface area (Å²) in [4.78, 5) is 9.58. The number of rotatable bonds is 1. The Morgan fingerprint density at radius 3 is 2.34 bits per heavy atom. The van der Waals surface area contributed by atoms with Crippen molar-refractivity contribution in [1.82, 2.24) is 9.55 Å². The molecule has 4 nitrogen and oxygen atoms in total. The van der Waals surface area contributed by atoms with Crippen LogP contribution in [-0.2, 0) is 4.57 Å². The van der Waals surface area contributed by atoms with Crippen LogP contribution in [0.25, 0.3) is 33.4 Å². The van der Waals surface area contributed by atoms with E-state index in [9.17, 15) is 0 Å². The van der Waals surface area contributed by atoms with Gasteiger partial charge in [0, 0.05) is 33.6 Å². The summed E-state index contributed by atoms with van der Waals surface area (Å²) in [6.45, 7) is 0.670. The van der Waals surface area contributed by atoms with Gasteiger partial charge in [0.2, 0.25) is 0 Å². The third kappa shape index (κ3) is 2.40. The van der Waals surface area contributed by atoms with Gasteiger partial charge in [0.1, 0.15) is 5.82 Å². The van der Waals surface area contributed by atoms with E-state index in [0.29, 0.717) is 6.54 Å². The molecule has 5 heteroatoms. The molecule has 0 aliphatic carbocycles. The number of fused-ring (bicyclic) bond motifs is 11. The minimum atomic E-state index is -3.00. The molecule has 3 aliphatic rings. The predicted molar refractivity (Wildman–Crippen MR) is 144 cm³/mol. The number of allylic oxidation sites excluding steroid dienone is 1. The SMILES string of the molecule is O=P1(c2ccc3c(c2)C2CN=CC=C2c2nc4ccccc4n2-3)c2ccccc2-c2ccccc21. The van der Waals surface area contributed by atoms with Crippen molar-refractivity contribution in [3.63, 3.8) is 0 Å². The Morgan fingerprint density at radius 2 is 1.54 bits per heavy atom. The topological polar surface area (TPSA) is 47.2 Å². The number of para-hydroxylation sites is 2. The highest BCUT2D eigenvalue weighted by molar-refractivity contribution is 7.86. The lowest BCUT2D eigenvalue weighted by atomic mass is 9.85.